The van der Waals surface area contributed by atoms with Crippen molar-refractivity contribution in [1.29, 1.82) is 0 Å². The van der Waals surface area contributed by atoms with Gasteiger partial charge >= 0.3 is 0 Å². The van der Waals surface area contributed by atoms with Gasteiger partial charge in [0.05, 0.1) is 22.2 Å². The highest BCUT2D eigenvalue weighted by Crippen LogP contribution is 2.47. The molecule has 0 aliphatic rings. The number of para-hydroxylation sites is 2. The van der Waals surface area contributed by atoms with E-state index >= 15 is 0 Å². The average Bonchev–Trinajstić information content (AvgIpc) is 3.77. The van der Waals surface area contributed by atoms with Gasteiger partial charge in [0, 0.05) is 33.1 Å². The number of nitrogens with zero attached hydrogens (tertiary/aromatic N) is 2. The Hall–Kier alpha value is -7.16. The summed E-state index contributed by atoms with van der Waals surface area (Å²) in [7, 11) is 0. The van der Waals surface area contributed by atoms with Gasteiger partial charge in [-0.15, -0.1) is 0 Å². The van der Waals surface area contributed by atoms with Crippen molar-refractivity contribution in [2.24, 2.45) is 0 Å². The van der Waals surface area contributed by atoms with Gasteiger partial charge in [0.2, 0.25) is 0 Å². The van der Waals surface area contributed by atoms with E-state index in [9.17, 15) is 0 Å². The van der Waals surface area contributed by atoms with E-state index in [-0.39, 0.29) is 0 Å². The van der Waals surface area contributed by atoms with Crippen LogP contribution in [0.3, 0.4) is 0 Å². The molecule has 0 bridgehead atoms. The highest BCUT2D eigenvalue weighted by atomic mass is 15.1. The predicted molar refractivity (Wildman–Crippen MR) is 229 cm³/mol. The molecule has 54 heavy (non-hydrogen) atoms. The Morgan fingerprint density at radius 2 is 0.796 bits per heavy atom. The predicted octanol–water partition coefficient (Wildman–Crippen LogP) is 14.0. The van der Waals surface area contributed by atoms with Gasteiger partial charge in [0.15, 0.2) is 0 Å². The van der Waals surface area contributed by atoms with Gasteiger partial charge in [0.25, 0.3) is 0 Å². The molecule has 0 unspecified atom stereocenters. The van der Waals surface area contributed by atoms with Crippen LogP contribution in [0.5, 0.6) is 0 Å². The third kappa shape index (κ3) is 4.60. The smallest absolute Gasteiger partial charge is 0.0789 e. The number of benzene rings is 9. The van der Waals surface area contributed by atoms with Crippen LogP contribution in [0.25, 0.3) is 99.1 Å². The lowest BCUT2D eigenvalue weighted by atomic mass is 9.92. The standard InChI is InChI=1S/C52H34N2/c1-4-17-35(18-5-1)49-46-32-31-45-44-29-14-15-30-47(44)53(51(45)52(46)54(40-24-8-3-9-25-40)50(49)36-19-6-2-7-20-36)41-26-16-23-39(34-41)48-42-27-12-10-21-37(42)33-38-22-11-13-28-43(38)48/h1-34H. The molecule has 0 aliphatic heterocycles. The molecule has 2 heterocycles. The Morgan fingerprint density at radius 1 is 0.278 bits per heavy atom. The van der Waals surface area contributed by atoms with E-state index in [1.165, 1.54) is 87.8 Å². The topological polar surface area (TPSA) is 9.86 Å². The zero-order valence-electron chi connectivity index (χ0n) is 29.5. The van der Waals surface area contributed by atoms with Crippen LogP contribution in [0.2, 0.25) is 0 Å². The first-order chi connectivity index (χ1) is 26.8. The van der Waals surface area contributed by atoms with Crippen molar-refractivity contribution >= 4 is 54.3 Å². The van der Waals surface area contributed by atoms with Gasteiger partial charge in [-0.3, -0.25) is 0 Å². The number of fused-ring (bicyclic) bond motifs is 7. The molecule has 2 heteroatoms. The largest absolute Gasteiger partial charge is 0.307 e. The average molecular weight is 687 g/mol. The summed E-state index contributed by atoms with van der Waals surface area (Å²) in [4.78, 5) is 0. The van der Waals surface area contributed by atoms with Gasteiger partial charge in [-0.1, -0.05) is 170 Å². The van der Waals surface area contributed by atoms with Crippen molar-refractivity contribution < 1.29 is 0 Å². The third-order valence-corrected chi connectivity index (χ3v) is 11.1. The Labute approximate surface area is 313 Å². The van der Waals surface area contributed by atoms with E-state index in [1.807, 2.05) is 0 Å². The molecule has 0 saturated carbocycles. The SMILES string of the molecule is c1ccc(-c2c(-c3ccccc3)n(-c3ccccc3)c3c2ccc2c4ccccc4n(-c4cccc(-c5c6ccccc6cc6ccccc56)c4)c23)cc1. The van der Waals surface area contributed by atoms with Crippen LogP contribution in [0.4, 0.5) is 0 Å². The van der Waals surface area contributed by atoms with Crippen LogP contribution in [0.15, 0.2) is 206 Å². The summed E-state index contributed by atoms with van der Waals surface area (Å²) in [6.07, 6.45) is 0. The second-order valence-corrected chi connectivity index (χ2v) is 14.1. The summed E-state index contributed by atoms with van der Waals surface area (Å²) in [5.74, 6) is 0. The lowest BCUT2D eigenvalue weighted by molar-refractivity contribution is 1.12. The van der Waals surface area contributed by atoms with E-state index in [2.05, 4.69) is 215 Å². The lowest BCUT2D eigenvalue weighted by Gasteiger charge is -2.16. The van der Waals surface area contributed by atoms with Crippen molar-refractivity contribution in [3.05, 3.63) is 206 Å². The maximum absolute atomic E-state index is 2.51. The molecule has 252 valence electrons. The first-order valence-electron chi connectivity index (χ1n) is 18.6. The highest BCUT2D eigenvalue weighted by Gasteiger charge is 2.26. The van der Waals surface area contributed by atoms with Gasteiger partial charge in [0.1, 0.15) is 0 Å². The fourth-order valence-corrected chi connectivity index (χ4v) is 8.81. The van der Waals surface area contributed by atoms with Crippen LogP contribution in [0, 0.1) is 0 Å². The first kappa shape index (κ1) is 30.5. The summed E-state index contributed by atoms with van der Waals surface area (Å²) >= 11 is 0. The van der Waals surface area contributed by atoms with Crippen LogP contribution < -0.4 is 0 Å². The second kappa shape index (κ2) is 12.2. The summed E-state index contributed by atoms with van der Waals surface area (Å²) < 4.78 is 5.01. The van der Waals surface area contributed by atoms with Crippen LogP contribution in [-0.4, -0.2) is 9.13 Å². The molecule has 0 spiro atoms. The normalized spacial score (nSPS) is 11.7. The second-order valence-electron chi connectivity index (χ2n) is 14.1. The molecule has 11 rings (SSSR count). The Balaban J connectivity index is 1.31. The quantitative estimate of drug-likeness (QED) is 0.160. The van der Waals surface area contributed by atoms with E-state index in [4.69, 9.17) is 0 Å². The van der Waals surface area contributed by atoms with Crippen LogP contribution in [0.1, 0.15) is 0 Å². The summed E-state index contributed by atoms with van der Waals surface area (Å²) in [5, 5.41) is 8.70. The monoisotopic (exact) mass is 686 g/mol. The molecule has 11 aromatic rings. The van der Waals surface area contributed by atoms with Crippen molar-refractivity contribution in [2.45, 2.75) is 0 Å². The lowest BCUT2D eigenvalue weighted by Crippen LogP contribution is -2.00. The fraction of sp³-hybridized carbons (Fsp3) is 0. The molecule has 0 fully saturated rings. The van der Waals surface area contributed by atoms with Gasteiger partial charge < -0.3 is 9.13 Å². The van der Waals surface area contributed by atoms with Gasteiger partial charge in [-0.25, -0.2) is 0 Å². The molecule has 0 atom stereocenters. The third-order valence-electron chi connectivity index (χ3n) is 11.1. The van der Waals surface area contributed by atoms with Crippen molar-refractivity contribution in [3.8, 4) is 44.9 Å². The Kier molecular flexibility index (Phi) is 6.90. The zero-order valence-corrected chi connectivity index (χ0v) is 29.5. The zero-order chi connectivity index (χ0) is 35.6. The molecule has 0 aliphatic carbocycles. The molecular formula is C52H34N2. The highest BCUT2D eigenvalue weighted by molar-refractivity contribution is 6.22. The number of hydrogen-bond donors (Lipinski definition) is 0. The molecule has 0 radical (unpaired) electrons. The van der Waals surface area contributed by atoms with Crippen LogP contribution >= 0.6 is 0 Å². The van der Waals surface area contributed by atoms with Crippen molar-refractivity contribution in [3.63, 3.8) is 0 Å². The molecule has 0 saturated heterocycles. The summed E-state index contributed by atoms with van der Waals surface area (Å²) in [6, 6.07) is 75.2. The molecule has 2 nitrogen and oxygen atoms in total. The van der Waals surface area contributed by atoms with E-state index in [0.717, 1.165) is 11.4 Å². The first-order valence-corrected chi connectivity index (χ1v) is 18.6. The minimum absolute atomic E-state index is 1.13. The maximum Gasteiger partial charge on any atom is 0.0789 e. The summed E-state index contributed by atoms with van der Waals surface area (Å²) in [6.45, 7) is 0. The molecule has 9 aromatic carbocycles. The fourth-order valence-electron chi connectivity index (χ4n) is 8.81. The van der Waals surface area contributed by atoms with Gasteiger partial charge in [-0.2, -0.15) is 0 Å². The van der Waals surface area contributed by atoms with Crippen molar-refractivity contribution in [2.75, 3.05) is 0 Å². The van der Waals surface area contributed by atoms with E-state index in [0.29, 0.717) is 0 Å². The van der Waals surface area contributed by atoms with Crippen molar-refractivity contribution in [1.82, 2.24) is 9.13 Å². The summed E-state index contributed by atoms with van der Waals surface area (Å²) in [5.41, 5.74) is 13.1. The molecule has 0 amide bonds. The Morgan fingerprint density at radius 3 is 1.50 bits per heavy atom. The molecule has 0 N–H and O–H groups in total. The van der Waals surface area contributed by atoms with E-state index < -0.39 is 0 Å². The number of rotatable bonds is 5. The van der Waals surface area contributed by atoms with E-state index in [1.54, 1.807) is 0 Å². The Bertz CT molecular complexity index is 3130. The number of aromatic nitrogens is 2. The maximum atomic E-state index is 2.51. The minimum Gasteiger partial charge on any atom is -0.307 e. The van der Waals surface area contributed by atoms with Gasteiger partial charge in [-0.05, 0) is 80.2 Å². The molecular weight excluding hydrogens is 653 g/mol. The molecule has 2 aromatic heterocycles. The number of hydrogen-bond acceptors (Lipinski definition) is 0. The van der Waals surface area contributed by atoms with Crippen LogP contribution in [-0.2, 0) is 0 Å². The minimum atomic E-state index is 1.13.